The van der Waals surface area contributed by atoms with Crippen molar-refractivity contribution in [3.05, 3.63) is 42.0 Å². The summed E-state index contributed by atoms with van der Waals surface area (Å²) in [5.41, 5.74) is 1.82. The Morgan fingerprint density at radius 2 is 2.00 bits per heavy atom. The first kappa shape index (κ1) is 19.6. The topological polar surface area (TPSA) is 108 Å². The van der Waals surface area contributed by atoms with Crippen molar-refractivity contribution in [2.24, 2.45) is 0 Å². The normalized spacial score (nSPS) is 13.0. The number of nitrogens with one attached hydrogen (secondary N) is 1. The zero-order valence-corrected chi connectivity index (χ0v) is 17.1. The van der Waals surface area contributed by atoms with Gasteiger partial charge in [-0.3, -0.25) is 4.79 Å². The Labute approximate surface area is 171 Å². The minimum Gasteiger partial charge on any atom is -0.454 e. The quantitative estimate of drug-likeness (QED) is 0.566. The Bertz CT molecular complexity index is 1170. The summed E-state index contributed by atoms with van der Waals surface area (Å²) >= 11 is 1.14. The molecular weight excluding hydrogens is 416 g/mol. The summed E-state index contributed by atoms with van der Waals surface area (Å²) in [6.45, 7) is 2.16. The molecule has 0 atom stereocenters. The van der Waals surface area contributed by atoms with Gasteiger partial charge in [0.25, 0.3) is 5.22 Å². The van der Waals surface area contributed by atoms with Gasteiger partial charge in [0.15, 0.2) is 26.9 Å². The van der Waals surface area contributed by atoms with E-state index < -0.39 is 9.84 Å². The predicted molar refractivity (Wildman–Crippen MR) is 107 cm³/mol. The van der Waals surface area contributed by atoms with Gasteiger partial charge in [-0.1, -0.05) is 24.8 Å². The van der Waals surface area contributed by atoms with Crippen LogP contribution in [0.1, 0.15) is 12.5 Å². The minimum atomic E-state index is -3.31. The standard InChI is InChI=1S/C19H18N2O6S2/c1-2-29(23,24)13-4-6-15-14(8-13)21-19(27-15)28-10-18(22)20-9-12-3-5-16-17(7-12)26-11-25-16/h3-8H,2,9-11H2,1H3,(H,20,22). The van der Waals surface area contributed by atoms with Crippen LogP contribution in [0.4, 0.5) is 0 Å². The molecule has 10 heteroatoms. The van der Waals surface area contributed by atoms with Crippen molar-refractivity contribution in [1.29, 1.82) is 0 Å². The smallest absolute Gasteiger partial charge is 0.257 e. The van der Waals surface area contributed by atoms with Crippen LogP contribution in [0, 0.1) is 0 Å². The molecule has 2 aromatic carbocycles. The van der Waals surface area contributed by atoms with Gasteiger partial charge >= 0.3 is 0 Å². The van der Waals surface area contributed by atoms with Crippen LogP contribution in [-0.4, -0.2) is 37.6 Å². The molecule has 2 heterocycles. The fraction of sp³-hybridized carbons (Fsp3) is 0.263. The average Bonchev–Trinajstić information content (AvgIpc) is 3.35. The highest BCUT2D eigenvalue weighted by atomic mass is 32.2. The molecule has 1 aliphatic rings. The fourth-order valence-corrected chi connectivity index (χ4v) is 4.31. The van der Waals surface area contributed by atoms with E-state index in [-0.39, 0.29) is 29.1 Å². The largest absolute Gasteiger partial charge is 0.454 e. The van der Waals surface area contributed by atoms with E-state index in [9.17, 15) is 13.2 Å². The van der Waals surface area contributed by atoms with Crippen molar-refractivity contribution in [1.82, 2.24) is 10.3 Å². The number of hydrogen-bond donors (Lipinski definition) is 1. The number of carbonyl (C=O) groups is 1. The summed E-state index contributed by atoms with van der Waals surface area (Å²) < 4.78 is 40.1. The number of oxazole rings is 1. The first-order valence-electron chi connectivity index (χ1n) is 8.86. The molecule has 29 heavy (non-hydrogen) atoms. The Hall–Kier alpha value is -2.72. The fourth-order valence-electron chi connectivity index (χ4n) is 2.74. The number of nitrogens with zero attached hydrogens (tertiary/aromatic N) is 1. The summed E-state index contributed by atoms with van der Waals surface area (Å²) in [7, 11) is -3.31. The average molecular weight is 434 g/mol. The van der Waals surface area contributed by atoms with Crippen molar-refractivity contribution in [3.8, 4) is 11.5 Å². The zero-order valence-electron chi connectivity index (χ0n) is 15.5. The second-order valence-electron chi connectivity index (χ2n) is 6.27. The molecule has 0 saturated heterocycles. The van der Waals surface area contributed by atoms with E-state index in [1.165, 1.54) is 12.1 Å². The number of benzene rings is 2. The van der Waals surface area contributed by atoms with E-state index in [0.717, 1.165) is 17.3 Å². The van der Waals surface area contributed by atoms with Crippen LogP contribution in [-0.2, 0) is 21.2 Å². The molecule has 0 aliphatic carbocycles. The second kappa shape index (κ2) is 7.96. The number of aromatic nitrogens is 1. The SMILES string of the molecule is CCS(=O)(=O)c1ccc2oc(SCC(=O)NCc3ccc4c(c3)OCO4)nc2c1. The van der Waals surface area contributed by atoms with E-state index in [2.05, 4.69) is 10.3 Å². The number of thioether (sulfide) groups is 1. The number of ether oxygens (including phenoxy) is 2. The number of rotatable bonds is 7. The first-order chi connectivity index (χ1) is 13.9. The van der Waals surface area contributed by atoms with Crippen molar-refractivity contribution in [3.63, 3.8) is 0 Å². The van der Waals surface area contributed by atoms with Gasteiger partial charge in [0.1, 0.15) is 5.52 Å². The van der Waals surface area contributed by atoms with Crippen LogP contribution in [0.3, 0.4) is 0 Å². The van der Waals surface area contributed by atoms with E-state index in [4.69, 9.17) is 13.9 Å². The van der Waals surface area contributed by atoms with Crippen molar-refractivity contribution >= 4 is 38.6 Å². The molecule has 4 rings (SSSR count). The highest BCUT2D eigenvalue weighted by Crippen LogP contribution is 2.32. The van der Waals surface area contributed by atoms with Gasteiger partial charge in [0.05, 0.1) is 16.4 Å². The molecule has 0 fully saturated rings. The Morgan fingerprint density at radius 3 is 2.83 bits per heavy atom. The Balaban J connectivity index is 1.34. The number of amides is 1. The third kappa shape index (κ3) is 4.33. The summed E-state index contributed by atoms with van der Waals surface area (Å²) in [6.07, 6.45) is 0. The summed E-state index contributed by atoms with van der Waals surface area (Å²) in [5.74, 6) is 1.33. The molecule has 1 N–H and O–H groups in total. The molecule has 1 amide bonds. The molecule has 3 aromatic rings. The highest BCUT2D eigenvalue weighted by Gasteiger charge is 2.16. The molecule has 0 unspecified atom stereocenters. The summed E-state index contributed by atoms with van der Waals surface area (Å²) in [4.78, 5) is 16.6. The molecule has 152 valence electrons. The Morgan fingerprint density at radius 1 is 1.17 bits per heavy atom. The van der Waals surface area contributed by atoms with Gasteiger partial charge in [-0.2, -0.15) is 0 Å². The number of fused-ring (bicyclic) bond motifs is 2. The molecule has 1 aromatic heterocycles. The third-order valence-corrected chi connectivity index (χ3v) is 6.89. The molecule has 0 radical (unpaired) electrons. The van der Waals surface area contributed by atoms with Gasteiger partial charge in [0.2, 0.25) is 12.7 Å². The summed E-state index contributed by atoms with van der Waals surface area (Å²) in [5, 5.41) is 3.14. The van der Waals surface area contributed by atoms with Gasteiger partial charge in [-0.15, -0.1) is 0 Å². The molecule has 0 bridgehead atoms. The lowest BCUT2D eigenvalue weighted by molar-refractivity contribution is -0.118. The van der Waals surface area contributed by atoms with Crippen molar-refractivity contribution in [2.75, 3.05) is 18.3 Å². The predicted octanol–water partition coefficient (Wildman–Crippen LogP) is 2.76. The molecule has 8 nitrogen and oxygen atoms in total. The van der Waals surface area contributed by atoms with Crippen LogP contribution < -0.4 is 14.8 Å². The maximum Gasteiger partial charge on any atom is 0.257 e. The Kier molecular flexibility index (Phi) is 5.37. The zero-order chi connectivity index (χ0) is 20.4. The molecule has 0 spiro atoms. The lowest BCUT2D eigenvalue weighted by atomic mass is 10.2. The first-order valence-corrected chi connectivity index (χ1v) is 11.5. The van der Waals surface area contributed by atoms with Gasteiger partial charge in [0, 0.05) is 6.54 Å². The maximum atomic E-state index is 12.1. The van der Waals surface area contributed by atoms with Crippen molar-refractivity contribution in [2.45, 2.75) is 23.6 Å². The van der Waals surface area contributed by atoms with Crippen molar-refractivity contribution < 1.29 is 27.1 Å². The lowest BCUT2D eigenvalue weighted by Gasteiger charge is -2.05. The summed E-state index contributed by atoms with van der Waals surface area (Å²) in [6, 6.07) is 10.1. The number of carbonyl (C=O) groups excluding carboxylic acids is 1. The molecule has 1 aliphatic heterocycles. The molecule has 0 saturated carbocycles. The lowest BCUT2D eigenvalue weighted by Crippen LogP contribution is -2.24. The molecular formula is C19H18N2O6S2. The number of sulfone groups is 1. The highest BCUT2D eigenvalue weighted by molar-refractivity contribution is 7.99. The van der Waals surface area contributed by atoms with E-state index in [1.807, 2.05) is 18.2 Å². The second-order valence-corrected chi connectivity index (χ2v) is 9.47. The van der Waals surface area contributed by atoms with Gasteiger partial charge in [-0.05, 0) is 35.9 Å². The monoisotopic (exact) mass is 434 g/mol. The van der Waals surface area contributed by atoms with E-state index >= 15 is 0 Å². The third-order valence-electron chi connectivity index (χ3n) is 4.33. The van der Waals surface area contributed by atoms with Crippen LogP contribution in [0.2, 0.25) is 0 Å². The van der Waals surface area contributed by atoms with E-state index in [1.54, 1.807) is 13.0 Å². The van der Waals surface area contributed by atoms with Gasteiger partial charge < -0.3 is 19.2 Å². The van der Waals surface area contributed by atoms with E-state index in [0.29, 0.717) is 34.4 Å². The van der Waals surface area contributed by atoms with Crippen LogP contribution in [0.15, 0.2) is 50.9 Å². The maximum absolute atomic E-state index is 12.1. The van der Waals surface area contributed by atoms with Crippen LogP contribution in [0.5, 0.6) is 11.5 Å². The van der Waals surface area contributed by atoms with Crippen LogP contribution in [0.25, 0.3) is 11.1 Å². The van der Waals surface area contributed by atoms with Gasteiger partial charge in [-0.25, -0.2) is 13.4 Å². The number of hydrogen-bond acceptors (Lipinski definition) is 8. The minimum absolute atomic E-state index is 0.0154. The van der Waals surface area contributed by atoms with Crippen LogP contribution >= 0.6 is 11.8 Å².